The first-order valence-corrected chi connectivity index (χ1v) is 6.70. The van der Waals surface area contributed by atoms with Crippen LogP contribution < -0.4 is 10.7 Å². The van der Waals surface area contributed by atoms with Crippen LogP contribution in [-0.4, -0.2) is 42.2 Å². The van der Waals surface area contributed by atoms with Crippen LogP contribution in [0.1, 0.15) is 29.8 Å². The molecule has 0 fully saturated rings. The summed E-state index contributed by atoms with van der Waals surface area (Å²) in [6.45, 7) is 3.82. The molecular formula is C15H21N3O3. The first-order chi connectivity index (χ1) is 9.93. The number of hydrogen-bond acceptors (Lipinski definition) is 5. The van der Waals surface area contributed by atoms with E-state index in [1.54, 1.807) is 31.3 Å². The summed E-state index contributed by atoms with van der Waals surface area (Å²) in [5.74, 6) is -0.954. The third-order valence-corrected chi connectivity index (χ3v) is 2.90. The van der Waals surface area contributed by atoms with Crippen molar-refractivity contribution < 1.29 is 14.7 Å². The molecule has 0 saturated carbocycles. The number of carboxylic acids is 1. The number of Topliss-reactive ketones (excluding diaryl/α,β-unsaturated/α-hetero) is 1. The van der Waals surface area contributed by atoms with Gasteiger partial charge in [-0.05, 0) is 32.9 Å². The summed E-state index contributed by atoms with van der Waals surface area (Å²) >= 11 is 0. The van der Waals surface area contributed by atoms with Crippen LogP contribution in [0.3, 0.4) is 0 Å². The molecule has 0 saturated heterocycles. The van der Waals surface area contributed by atoms with Crippen LogP contribution in [0.15, 0.2) is 29.4 Å². The fraction of sp³-hybridized carbons (Fsp3) is 0.400. The number of nitrogens with zero attached hydrogens (tertiary/aromatic N) is 1. The van der Waals surface area contributed by atoms with Gasteiger partial charge in [-0.2, -0.15) is 5.10 Å². The number of likely N-dealkylation sites (N-methyl/N-ethyl adjacent to an activating group) is 1. The van der Waals surface area contributed by atoms with Crippen molar-refractivity contribution >= 4 is 17.5 Å². The summed E-state index contributed by atoms with van der Waals surface area (Å²) in [4.78, 5) is 22.8. The highest BCUT2D eigenvalue weighted by molar-refractivity contribution is 5.97. The zero-order chi connectivity index (χ0) is 15.8. The summed E-state index contributed by atoms with van der Waals surface area (Å²) in [7, 11) is 1.61. The summed E-state index contributed by atoms with van der Waals surface area (Å²) in [6, 6.07) is 6.33. The highest BCUT2D eigenvalue weighted by atomic mass is 16.4. The fourth-order valence-electron chi connectivity index (χ4n) is 1.75. The van der Waals surface area contributed by atoms with Gasteiger partial charge in [0.25, 0.3) is 0 Å². The van der Waals surface area contributed by atoms with Crippen molar-refractivity contribution in [2.45, 2.75) is 26.3 Å². The molecule has 1 aromatic carbocycles. The molecule has 1 rings (SSSR count). The van der Waals surface area contributed by atoms with E-state index >= 15 is 0 Å². The zero-order valence-corrected chi connectivity index (χ0v) is 12.5. The average Bonchev–Trinajstić information content (AvgIpc) is 2.44. The second-order valence-electron chi connectivity index (χ2n) is 4.90. The Balaban J connectivity index is 2.63. The van der Waals surface area contributed by atoms with E-state index in [1.165, 1.54) is 0 Å². The second-order valence-corrected chi connectivity index (χ2v) is 4.90. The Labute approximate surface area is 124 Å². The van der Waals surface area contributed by atoms with Crippen LogP contribution in [-0.2, 0) is 11.2 Å². The van der Waals surface area contributed by atoms with Crippen LogP contribution in [0, 0.1) is 0 Å². The molecule has 21 heavy (non-hydrogen) atoms. The molecule has 0 aliphatic rings. The second kappa shape index (κ2) is 8.16. The van der Waals surface area contributed by atoms with E-state index in [0.717, 1.165) is 11.3 Å². The molecular weight excluding hydrogens is 270 g/mol. The molecule has 0 aliphatic heterocycles. The minimum Gasteiger partial charge on any atom is -0.480 e. The van der Waals surface area contributed by atoms with Crippen molar-refractivity contribution in [3.8, 4) is 0 Å². The smallest absolute Gasteiger partial charge is 0.321 e. The molecule has 0 radical (unpaired) electrons. The molecule has 0 spiro atoms. The summed E-state index contributed by atoms with van der Waals surface area (Å²) in [5.41, 5.74) is 5.00. The Morgan fingerprint density at radius 2 is 1.86 bits per heavy atom. The highest BCUT2D eigenvalue weighted by Gasteiger charge is 2.15. The van der Waals surface area contributed by atoms with Gasteiger partial charge in [-0.3, -0.25) is 9.59 Å². The van der Waals surface area contributed by atoms with Crippen molar-refractivity contribution in [3.05, 3.63) is 35.4 Å². The van der Waals surface area contributed by atoms with Gasteiger partial charge < -0.3 is 15.8 Å². The number of hydrazone groups is 1. The molecule has 114 valence electrons. The Morgan fingerprint density at radius 3 is 2.33 bits per heavy atom. The SMILES string of the molecule is CNC(Cc1ccc(C(=O)CNN=C(C)C)cc1)C(=O)O. The molecule has 1 atom stereocenters. The van der Waals surface area contributed by atoms with E-state index in [-0.39, 0.29) is 12.3 Å². The van der Waals surface area contributed by atoms with E-state index in [4.69, 9.17) is 5.11 Å². The van der Waals surface area contributed by atoms with Gasteiger partial charge in [0, 0.05) is 11.3 Å². The predicted octanol–water partition coefficient (Wildman–Crippen LogP) is 1.07. The minimum absolute atomic E-state index is 0.0602. The van der Waals surface area contributed by atoms with Crippen LogP contribution in [0.4, 0.5) is 0 Å². The average molecular weight is 291 g/mol. The molecule has 0 bridgehead atoms. The number of rotatable bonds is 8. The van der Waals surface area contributed by atoms with Crippen LogP contribution in [0.5, 0.6) is 0 Å². The molecule has 6 heteroatoms. The number of carboxylic acid groups (broad SMARTS) is 1. The quantitative estimate of drug-likeness (QED) is 0.378. The standard InChI is InChI=1S/C15H21N3O3/c1-10(2)18-17-9-14(19)12-6-4-11(5-7-12)8-13(16-3)15(20)21/h4-7,13,16-17H,8-9H2,1-3H3,(H,20,21). The van der Waals surface area contributed by atoms with Crippen molar-refractivity contribution in [1.29, 1.82) is 0 Å². The number of carbonyl (C=O) groups excluding carboxylic acids is 1. The van der Waals surface area contributed by atoms with Crippen molar-refractivity contribution in [2.24, 2.45) is 5.10 Å². The number of nitrogens with one attached hydrogen (secondary N) is 2. The maximum absolute atomic E-state index is 11.9. The van der Waals surface area contributed by atoms with Crippen LogP contribution in [0.25, 0.3) is 0 Å². The monoisotopic (exact) mass is 291 g/mol. The van der Waals surface area contributed by atoms with Crippen molar-refractivity contribution in [1.82, 2.24) is 10.7 Å². The first kappa shape index (κ1) is 16.8. The Morgan fingerprint density at radius 1 is 1.24 bits per heavy atom. The van der Waals surface area contributed by atoms with E-state index in [1.807, 2.05) is 13.8 Å². The van der Waals surface area contributed by atoms with E-state index in [9.17, 15) is 9.59 Å². The van der Waals surface area contributed by atoms with Crippen molar-refractivity contribution in [3.63, 3.8) is 0 Å². The van der Waals surface area contributed by atoms with Gasteiger partial charge in [-0.15, -0.1) is 0 Å². The van der Waals surface area contributed by atoms with Gasteiger partial charge in [0.05, 0.1) is 6.54 Å². The maximum atomic E-state index is 11.9. The fourth-order valence-corrected chi connectivity index (χ4v) is 1.75. The molecule has 0 aliphatic carbocycles. The molecule has 0 amide bonds. The van der Waals surface area contributed by atoms with Crippen LogP contribution >= 0.6 is 0 Å². The lowest BCUT2D eigenvalue weighted by Crippen LogP contribution is -2.35. The van der Waals surface area contributed by atoms with E-state index < -0.39 is 12.0 Å². The molecule has 6 nitrogen and oxygen atoms in total. The molecule has 0 aromatic heterocycles. The summed E-state index contributed by atoms with van der Waals surface area (Å²) in [6.07, 6.45) is 0.373. The lowest BCUT2D eigenvalue weighted by Gasteiger charge is -2.11. The van der Waals surface area contributed by atoms with Crippen LogP contribution in [0.2, 0.25) is 0 Å². The number of ketones is 1. The van der Waals surface area contributed by atoms with Gasteiger partial charge in [0.1, 0.15) is 6.04 Å². The summed E-state index contributed by atoms with van der Waals surface area (Å²) in [5, 5.41) is 15.7. The molecule has 1 unspecified atom stereocenters. The maximum Gasteiger partial charge on any atom is 0.321 e. The van der Waals surface area contributed by atoms with Gasteiger partial charge in [-0.25, -0.2) is 0 Å². The minimum atomic E-state index is -0.894. The number of aliphatic carboxylic acids is 1. The Kier molecular flexibility index (Phi) is 6.55. The Hall–Kier alpha value is -2.21. The normalized spacial score (nSPS) is 11.6. The summed E-state index contributed by atoms with van der Waals surface area (Å²) < 4.78 is 0. The van der Waals surface area contributed by atoms with Gasteiger partial charge in [0.15, 0.2) is 5.78 Å². The predicted molar refractivity (Wildman–Crippen MR) is 81.7 cm³/mol. The third-order valence-electron chi connectivity index (χ3n) is 2.90. The zero-order valence-electron chi connectivity index (χ0n) is 12.5. The molecule has 0 heterocycles. The van der Waals surface area contributed by atoms with Crippen molar-refractivity contribution in [2.75, 3.05) is 13.6 Å². The van der Waals surface area contributed by atoms with E-state index in [0.29, 0.717) is 12.0 Å². The number of benzene rings is 1. The van der Waals surface area contributed by atoms with Gasteiger partial charge in [0.2, 0.25) is 0 Å². The topological polar surface area (TPSA) is 90.8 Å². The third kappa shape index (κ3) is 5.74. The lowest BCUT2D eigenvalue weighted by molar-refractivity contribution is -0.139. The molecule has 1 aromatic rings. The van der Waals surface area contributed by atoms with Gasteiger partial charge in [-0.1, -0.05) is 24.3 Å². The molecule has 3 N–H and O–H groups in total. The number of carbonyl (C=O) groups is 2. The highest BCUT2D eigenvalue weighted by Crippen LogP contribution is 2.08. The Bertz CT molecular complexity index is 519. The van der Waals surface area contributed by atoms with E-state index in [2.05, 4.69) is 15.8 Å². The first-order valence-electron chi connectivity index (χ1n) is 6.70. The van der Waals surface area contributed by atoms with Gasteiger partial charge >= 0.3 is 5.97 Å². The number of hydrogen-bond donors (Lipinski definition) is 3. The largest absolute Gasteiger partial charge is 0.480 e. The lowest BCUT2D eigenvalue weighted by atomic mass is 10.0.